The summed E-state index contributed by atoms with van der Waals surface area (Å²) in [5.74, 6) is -1.55. The molecule has 1 aromatic carbocycles. The van der Waals surface area contributed by atoms with Gasteiger partial charge in [0.15, 0.2) is 0 Å². The molecule has 0 radical (unpaired) electrons. The van der Waals surface area contributed by atoms with E-state index in [4.69, 9.17) is 9.68 Å². The van der Waals surface area contributed by atoms with Crippen molar-refractivity contribution < 1.29 is 14.0 Å². The van der Waals surface area contributed by atoms with Crippen LogP contribution in [0.1, 0.15) is 11.1 Å². The van der Waals surface area contributed by atoms with E-state index in [2.05, 4.69) is 10.6 Å². The Bertz CT molecular complexity index is 672. The number of furan rings is 1. The number of nitrogens with one attached hydrogen (secondary N) is 2. The molecule has 0 aliphatic heterocycles. The number of carbonyl (C=O) groups is 2. The van der Waals surface area contributed by atoms with Gasteiger partial charge in [0.2, 0.25) is 0 Å². The van der Waals surface area contributed by atoms with E-state index in [0.717, 1.165) is 5.56 Å². The van der Waals surface area contributed by atoms with Gasteiger partial charge in [-0.3, -0.25) is 9.59 Å². The summed E-state index contributed by atoms with van der Waals surface area (Å²) in [4.78, 5) is 23.4. The maximum Gasteiger partial charge on any atom is 0.313 e. The van der Waals surface area contributed by atoms with E-state index < -0.39 is 11.8 Å². The fourth-order valence-electron chi connectivity index (χ4n) is 1.70. The minimum absolute atomic E-state index is 0.303. The van der Waals surface area contributed by atoms with Crippen LogP contribution >= 0.6 is 0 Å². The quantitative estimate of drug-likeness (QED) is 0.830. The van der Waals surface area contributed by atoms with Crippen LogP contribution in [0.15, 0.2) is 47.3 Å². The third kappa shape index (κ3) is 3.94. The maximum atomic E-state index is 11.7. The summed E-state index contributed by atoms with van der Waals surface area (Å²) in [5.41, 5.74) is 1.55. The van der Waals surface area contributed by atoms with Crippen LogP contribution in [-0.2, 0) is 16.0 Å². The highest BCUT2D eigenvalue weighted by atomic mass is 16.3. The molecule has 106 valence electrons. The molecule has 0 saturated heterocycles. The molecule has 0 aliphatic rings. The average Bonchev–Trinajstić information content (AvgIpc) is 3.01. The lowest BCUT2D eigenvalue weighted by Crippen LogP contribution is -2.36. The van der Waals surface area contributed by atoms with Gasteiger partial charge in [0.1, 0.15) is 6.07 Å². The van der Waals surface area contributed by atoms with E-state index in [-0.39, 0.29) is 0 Å². The summed E-state index contributed by atoms with van der Waals surface area (Å²) in [5, 5.41) is 13.8. The van der Waals surface area contributed by atoms with E-state index in [1.807, 2.05) is 6.07 Å². The molecule has 0 fully saturated rings. The predicted octanol–water partition coefficient (Wildman–Crippen LogP) is 1.45. The van der Waals surface area contributed by atoms with Crippen molar-refractivity contribution in [2.75, 3.05) is 11.9 Å². The molecule has 1 aromatic heterocycles. The monoisotopic (exact) mass is 283 g/mol. The van der Waals surface area contributed by atoms with Gasteiger partial charge in [-0.2, -0.15) is 5.26 Å². The summed E-state index contributed by atoms with van der Waals surface area (Å²) in [6.07, 6.45) is 3.70. The van der Waals surface area contributed by atoms with Crippen LogP contribution in [0.25, 0.3) is 0 Å². The fourth-order valence-corrected chi connectivity index (χ4v) is 1.70. The van der Waals surface area contributed by atoms with Gasteiger partial charge >= 0.3 is 11.8 Å². The van der Waals surface area contributed by atoms with Crippen molar-refractivity contribution in [3.8, 4) is 6.07 Å². The zero-order valence-corrected chi connectivity index (χ0v) is 11.1. The molecule has 6 heteroatoms. The Morgan fingerprint density at radius 3 is 2.71 bits per heavy atom. The molecular formula is C15H13N3O3. The second kappa shape index (κ2) is 6.91. The van der Waals surface area contributed by atoms with Gasteiger partial charge in [0.05, 0.1) is 23.8 Å². The molecule has 0 aliphatic carbocycles. The van der Waals surface area contributed by atoms with E-state index in [1.54, 1.807) is 42.9 Å². The van der Waals surface area contributed by atoms with Gasteiger partial charge in [-0.25, -0.2) is 0 Å². The minimum atomic E-state index is -0.801. The summed E-state index contributed by atoms with van der Waals surface area (Å²) in [7, 11) is 0. The lowest BCUT2D eigenvalue weighted by molar-refractivity contribution is -0.136. The van der Waals surface area contributed by atoms with Crippen LogP contribution in [0.4, 0.5) is 5.69 Å². The van der Waals surface area contributed by atoms with Crippen molar-refractivity contribution in [1.82, 2.24) is 5.32 Å². The van der Waals surface area contributed by atoms with Crippen LogP contribution in [0.3, 0.4) is 0 Å². The number of nitriles is 1. The molecule has 0 atom stereocenters. The first-order valence-electron chi connectivity index (χ1n) is 6.30. The van der Waals surface area contributed by atoms with Gasteiger partial charge in [-0.15, -0.1) is 0 Å². The highest BCUT2D eigenvalue weighted by Crippen LogP contribution is 2.13. The number of nitrogens with zero attached hydrogens (tertiary/aromatic N) is 1. The van der Waals surface area contributed by atoms with E-state index in [0.29, 0.717) is 24.2 Å². The molecule has 2 aromatic rings. The van der Waals surface area contributed by atoms with Gasteiger partial charge in [-0.1, -0.05) is 12.1 Å². The van der Waals surface area contributed by atoms with Gasteiger partial charge in [0.25, 0.3) is 0 Å². The van der Waals surface area contributed by atoms with Crippen LogP contribution in [0, 0.1) is 11.3 Å². The number of anilines is 1. The molecule has 0 unspecified atom stereocenters. The summed E-state index contributed by atoms with van der Waals surface area (Å²) >= 11 is 0. The Morgan fingerprint density at radius 2 is 2.00 bits per heavy atom. The number of para-hydroxylation sites is 1. The lowest BCUT2D eigenvalue weighted by atomic mass is 10.2. The number of benzene rings is 1. The normalized spacial score (nSPS) is 9.67. The Balaban J connectivity index is 1.85. The van der Waals surface area contributed by atoms with Crippen LogP contribution in [0.5, 0.6) is 0 Å². The van der Waals surface area contributed by atoms with Crippen molar-refractivity contribution in [3.05, 3.63) is 54.0 Å². The zero-order valence-electron chi connectivity index (χ0n) is 11.1. The smallest absolute Gasteiger partial charge is 0.313 e. The average molecular weight is 283 g/mol. The van der Waals surface area contributed by atoms with Gasteiger partial charge in [-0.05, 0) is 30.2 Å². The molecule has 0 saturated carbocycles. The summed E-state index contributed by atoms with van der Waals surface area (Å²) in [6.45, 7) is 0.325. The van der Waals surface area contributed by atoms with E-state index >= 15 is 0 Å². The first-order valence-corrected chi connectivity index (χ1v) is 6.30. The second-order valence-electron chi connectivity index (χ2n) is 4.25. The first kappa shape index (κ1) is 14.3. The van der Waals surface area contributed by atoms with Crippen molar-refractivity contribution in [3.63, 3.8) is 0 Å². The molecule has 2 N–H and O–H groups in total. The number of carbonyl (C=O) groups excluding carboxylic acids is 2. The Labute approximate surface area is 121 Å². The molecule has 2 rings (SSSR count). The largest absolute Gasteiger partial charge is 0.472 e. The zero-order chi connectivity index (χ0) is 15.1. The minimum Gasteiger partial charge on any atom is -0.472 e. The lowest BCUT2D eigenvalue weighted by Gasteiger charge is -2.07. The molecule has 1 heterocycles. The topological polar surface area (TPSA) is 95.1 Å². The van der Waals surface area contributed by atoms with Crippen LogP contribution < -0.4 is 10.6 Å². The predicted molar refractivity (Wildman–Crippen MR) is 75.2 cm³/mol. The Morgan fingerprint density at radius 1 is 1.19 bits per heavy atom. The highest BCUT2D eigenvalue weighted by Gasteiger charge is 2.14. The second-order valence-corrected chi connectivity index (χ2v) is 4.25. The fraction of sp³-hybridized carbons (Fsp3) is 0.133. The first-order chi connectivity index (χ1) is 10.2. The van der Waals surface area contributed by atoms with Gasteiger partial charge in [0, 0.05) is 6.54 Å². The molecule has 0 spiro atoms. The molecule has 2 amide bonds. The van der Waals surface area contributed by atoms with Crippen LogP contribution in [0.2, 0.25) is 0 Å². The van der Waals surface area contributed by atoms with Crippen molar-refractivity contribution in [1.29, 1.82) is 5.26 Å². The number of rotatable bonds is 4. The summed E-state index contributed by atoms with van der Waals surface area (Å²) in [6, 6.07) is 10.2. The third-order valence-electron chi connectivity index (χ3n) is 2.78. The Hall–Kier alpha value is -3.07. The highest BCUT2D eigenvalue weighted by molar-refractivity contribution is 6.39. The van der Waals surface area contributed by atoms with Crippen molar-refractivity contribution >= 4 is 17.5 Å². The standard InChI is InChI=1S/C15H13N3O3/c16-9-12-3-1-2-4-13(12)18-15(20)14(19)17-7-5-11-6-8-21-10-11/h1-4,6,8,10H,5,7H2,(H,17,19)(H,18,20). The number of hydrogen-bond donors (Lipinski definition) is 2. The van der Waals surface area contributed by atoms with E-state index in [9.17, 15) is 9.59 Å². The SMILES string of the molecule is N#Cc1ccccc1NC(=O)C(=O)NCCc1ccoc1. The number of amides is 2. The third-order valence-corrected chi connectivity index (χ3v) is 2.78. The van der Waals surface area contributed by atoms with Crippen molar-refractivity contribution in [2.24, 2.45) is 0 Å². The van der Waals surface area contributed by atoms with Crippen molar-refractivity contribution in [2.45, 2.75) is 6.42 Å². The Kier molecular flexibility index (Phi) is 4.72. The molecule has 6 nitrogen and oxygen atoms in total. The molecular weight excluding hydrogens is 270 g/mol. The molecule has 0 bridgehead atoms. The molecule has 21 heavy (non-hydrogen) atoms. The summed E-state index contributed by atoms with van der Waals surface area (Å²) < 4.78 is 4.90. The number of hydrogen-bond acceptors (Lipinski definition) is 4. The maximum absolute atomic E-state index is 11.7. The van der Waals surface area contributed by atoms with Crippen LogP contribution in [-0.4, -0.2) is 18.4 Å². The van der Waals surface area contributed by atoms with E-state index in [1.165, 1.54) is 0 Å². The van der Waals surface area contributed by atoms with Gasteiger partial charge < -0.3 is 15.1 Å².